The van der Waals surface area contributed by atoms with Crippen LogP contribution in [0.4, 0.5) is 5.00 Å². The monoisotopic (exact) mass is 411 g/mol. The average molecular weight is 411 g/mol. The lowest BCUT2D eigenvalue weighted by Crippen LogP contribution is -2.22. The number of esters is 1. The molecule has 0 fully saturated rings. The summed E-state index contributed by atoms with van der Waals surface area (Å²) >= 11 is 1.17. The smallest absolute Gasteiger partial charge is 0.340 e. The molecule has 2 aromatic heterocycles. The van der Waals surface area contributed by atoms with E-state index in [1.807, 2.05) is 48.7 Å². The Morgan fingerprint density at radius 2 is 1.83 bits per heavy atom. The Morgan fingerprint density at radius 1 is 1.10 bits per heavy atom. The zero-order valence-corrected chi connectivity index (χ0v) is 16.9. The maximum absolute atomic E-state index is 12.5. The molecule has 29 heavy (non-hydrogen) atoms. The first-order valence-electron chi connectivity index (χ1n) is 8.91. The molecular formula is C21H21N3O4S. The second-order valence-electron chi connectivity index (χ2n) is 6.51. The minimum Gasteiger partial charge on any atom is -0.452 e. The van der Waals surface area contributed by atoms with Crippen molar-refractivity contribution in [3.8, 4) is 0 Å². The number of carbonyl (C=O) groups excluding carboxylic acids is 3. The third kappa shape index (κ3) is 4.72. The van der Waals surface area contributed by atoms with Gasteiger partial charge in [0.2, 0.25) is 0 Å². The number of thiophene rings is 1. The molecule has 3 N–H and O–H groups in total. The number of primary amides is 1. The molecule has 8 heteroatoms. The molecule has 7 nitrogen and oxygen atoms in total. The van der Waals surface area contributed by atoms with E-state index in [1.165, 1.54) is 17.4 Å². The number of nitrogens with two attached hydrogens (primary N) is 1. The molecule has 2 amide bonds. The molecule has 0 atom stereocenters. The fourth-order valence-electron chi connectivity index (χ4n) is 2.99. The number of hydrogen-bond donors (Lipinski definition) is 2. The van der Waals surface area contributed by atoms with E-state index in [2.05, 4.69) is 5.32 Å². The minimum atomic E-state index is -0.635. The SMILES string of the molecule is Cc1cc(C(=O)OCC(=O)Nc2sccc2C(N)=O)c(C)n1Cc1ccccc1. The Labute approximate surface area is 172 Å². The van der Waals surface area contributed by atoms with E-state index in [9.17, 15) is 14.4 Å². The second-order valence-corrected chi connectivity index (χ2v) is 7.42. The predicted octanol–water partition coefficient (Wildman–Crippen LogP) is 3.11. The number of rotatable bonds is 7. The van der Waals surface area contributed by atoms with Gasteiger partial charge >= 0.3 is 5.97 Å². The van der Waals surface area contributed by atoms with Gasteiger partial charge in [0, 0.05) is 17.9 Å². The molecule has 0 unspecified atom stereocenters. The second kappa shape index (κ2) is 8.74. The molecule has 3 rings (SSSR count). The first-order chi connectivity index (χ1) is 13.9. The highest BCUT2D eigenvalue weighted by molar-refractivity contribution is 7.14. The molecule has 0 aliphatic heterocycles. The minimum absolute atomic E-state index is 0.221. The number of ether oxygens (including phenoxy) is 1. The van der Waals surface area contributed by atoms with Crippen LogP contribution < -0.4 is 11.1 Å². The normalized spacial score (nSPS) is 10.6. The first-order valence-corrected chi connectivity index (χ1v) is 9.79. The largest absolute Gasteiger partial charge is 0.452 e. The van der Waals surface area contributed by atoms with E-state index < -0.39 is 24.4 Å². The number of hydrogen-bond acceptors (Lipinski definition) is 5. The predicted molar refractivity (Wildman–Crippen MR) is 111 cm³/mol. The molecule has 3 aromatic rings. The summed E-state index contributed by atoms with van der Waals surface area (Å²) in [6, 6.07) is 13.2. The van der Waals surface area contributed by atoms with E-state index in [-0.39, 0.29) is 5.56 Å². The maximum atomic E-state index is 12.5. The molecule has 0 aliphatic rings. The fourth-order valence-corrected chi connectivity index (χ4v) is 3.80. The van der Waals surface area contributed by atoms with Crippen LogP contribution in [-0.2, 0) is 16.1 Å². The van der Waals surface area contributed by atoms with Crippen LogP contribution in [0.1, 0.15) is 37.7 Å². The summed E-state index contributed by atoms with van der Waals surface area (Å²) in [5, 5.41) is 4.51. The molecule has 150 valence electrons. The number of nitrogens with one attached hydrogen (secondary N) is 1. The number of anilines is 1. The van der Waals surface area contributed by atoms with Crippen molar-refractivity contribution in [2.75, 3.05) is 11.9 Å². The Kier molecular flexibility index (Phi) is 6.13. The summed E-state index contributed by atoms with van der Waals surface area (Å²) in [6.45, 7) is 3.94. The van der Waals surface area contributed by atoms with Gasteiger partial charge in [-0.25, -0.2) is 4.79 Å². The van der Waals surface area contributed by atoms with Crippen LogP contribution in [-0.4, -0.2) is 29.0 Å². The lowest BCUT2D eigenvalue weighted by atomic mass is 10.2. The van der Waals surface area contributed by atoms with Crippen molar-refractivity contribution in [3.05, 3.63) is 75.9 Å². The number of carbonyl (C=O) groups is 3. The van der Waals surface area contributed by atoms with Crippen molar-refractivity contribution in [2.24, 2.45) is 5.73 Å². The summed E-state index contributed by atoms with van der Waals surface area (Å²) in [7, 11) is 0. The number of benzene rings is 1. The van der Waals surface area contributed by atoms with Gasteiger partial charge in [0.1, 0.15) is 5.00 Å². The molecule has 0 saturated heterocycles. The van der Waals surface area contributed by atoms with E-state index in [0.717, 1.165) is 17.0 Å². The van der Waals surface area contributed by atoms with E-state index in [1.54, 1.807) is 11.4 Å². The van der Waals surface area contributed by atoms with Crippen LogP contribution in [0.25, 0.3) is 0 Å². The quantitative estimate of drug-likeness (QED) is 0.583. The lowest BCUT2D eigenvalue weighted by Gasteiger charge is -2.10. The molecular weight excluding hydrogens is 390 g/mol. The third-order valence-electron chi connectivity index (χ3n) is 4.50. The molecule has 0 saturated carbocycles. The van der Waals surface area contributed by atoms with Gasteiger partial charge in [0.15, 0.2) is 6.61 Å². The molecule has 2 heterocycles. The third-order valence-corrected chi connectivity index (χ3v) is 5.32. The van der Waals surface area contributed by atoms with Crippen molar-refractivity contribution >= 4 is 34.1 Å². The Hall–Kier alpha value is -3.39. The highest BCUT2D eigenvalue weighted by atomic mass is 32.1. The molecule has 0 radical (unpaired) electrons. The zero-order valence-electron chi connectivity index (χ0n) is 16.1. The fraction of sp³-hybridized carbons (Fsp3) is 0.190. The Bertz CT molecular complexity index is 1050. The summed E-state index contributed by atoms with van der Waals surface area (Å²) in [6.07, 6.45) is 0. The lowest BCUT2D eigenvalue weighted by molar-refractivity contribution is -0.119. The summed E-state index contributed by atoms with van der Waals surface area (Å²) in [5.74, 6) is -1.75. The first kappa shape index (κ1) is 20.3. The van der Waals surface area contributed by atoms with Crippen molar-refractivity contribution in [1.82, 2.24) is 4.57 Å². The topological polar surface area (TPSA) is 103 Å². The van der Waals surface area contributed by atoms with Crippen LogP contribution >= 0.6 is 11.3 Å². The number of amides is 2. The van der Waals surface area contributed by atoms with Crippen molar-refractivity contribution in [2.45, 2.75) is 20.4 Å². The van der Waals surface area contributed by atoms with Gasteiger partial charge in [0.25, 0.3) is 11.8 Å². The van der Waals surface area contributed by atoms with E-state index in [0.29, 0.717) is 17.1 Å². The van der Waals surface area contributed by atoms with Gasteiger partial charge in [-0.3, -0.25) is 9.59 Å². The van der Waals surface area contributed by atoms with Gasteiger partial charge in [0.05, 0.1) is 11.1 Å². The van der Waals surface area contributed by atoms with Gasteiger partial charge in [-0.2, -0.15) is 0 Å². The van der Waals surface area contributed by atoms with Crippen LogP contribution in [0.5, 0.6) is 0 Å². The molecule has 0 spiro atoms. The highest BCUT2D eigenvalue weighted by Gasteiger charge is 2.19. The summed E-state index contributed by atoms with van der Waals surface area (Å²) in [4.78, 5) is 35.9. The van der Waals surface area contributed by atoms with E-state index >= 15 is 0 Å². The number of aromatic nitrogens is 1. The average Bonchev–Trinajstić information content (AvgIpc) is 3.27. The number of nitrogens with zero attached hydrogens (tertiary/aromatic N) is 1. The van der Waals surface area contributed by atoms with Crippen molar-refractivity contribution < 1.29 is 19.1 Å². The Balaban J connectivity index is 1.63. The summed E-state index contributed by atoms with van der Waals surface area (Å²) in [5.41, 5.74) is 8.70. The molecule has 0 bridgehead atoms. The van der Waals surface area contributed by atoms with E-state index in [4.69, 9.17) is 10.5 Å². The van der Waals surface area contributed by atoms with Crippen molar-refractivity contribution in [3.63, 3.8) is 0 Å². The zero-order chi connectivity index (χ0) is 21.0. The van der Waals surface area contributed by atoms with Gasteiger partial charge in [-0.15, -0.1) is 11.3 Å². The van der Waals surface area contributed by atoms with Crippen molar-refractivity contribution in [1.29, 1.82) is 0 Å². The highest BCUT2D eigenvalue weighted by Crippen LogP contribution is 2.22. The van der Waals surface area contributed by atoms with Gasteiger partial charge in [-0.05, 0) is 36.9 Å². The summed E-state index contributed by atoms with van der Waals surface area (Å²) < 4.78 is 7.19. The molecule has 0 aliphatic carbocycles. The maximum Gasteiger partial charge on any atom is 0.340 e. The van der Waals surface area contributed by atoms with Crippen LogP contribution in [0.15, 0.2) is 47.8 Å². The molecule has 1 aromatic carbocycles. The van der Waals surface area contributed by atoms with Crippen LogP contribution in [0.2, 0.25) is 0 Å². The van der Waals surface area contributed by atoms with Crippen LogP contribution in [0, 0.1) is 13.8 Å². The van der Waals surface area contributed by atoms with Gasteiger partial charge in [-0.1, -0.05) is 30.3 Å². The van der Waals surface area contributed by atoms with Gasteiger partial charge < -0.3 is 20.4 Å². The Morgan fingerprint density at radius 3 is 2.52 bits per heavy atom. The number of aryl methyl sites for hydroxylation is 1. The van der Waals surface area contributed by atoms with Crippen LogP contribution in [0.3, 0.4) is 0 Å². The standard InChI is InChI=1S/C21H21N3O4S/c1-13-10-17(14(2)24(13)11-15-6-4-3-5-7-15)21(27)28-12-18(25)23-20-16(19(22)26)8-9-29-20/h3-10H,11-12H2,1-2H3,(H2,22,26)(H,23,25).